The average molecular weight is 302 g/mol. The first kappa shape index (κ1) is 16.8. The molecule has 0 radical (unpaired) electrons. The van der Waals surface area contributed by atoms with E-state index in [1.807, 2.05) is 58.9 Å². The number of thioether (sulfide) groups is 1. The van der Waals surface area contributed by atoms with E-state index in [9.17, 15) is 9.46 Å². The normalized spacial score (nSPS) is 14.1. The minimum absolute atomic E-state index is 0.125. The lowest BCUT2D eigenvalue weighted by Gasteiger charge is -2.39. The van der Waals surface area contributed by atoms with Gasteiger partial charge in [-0.25, -0.2) is 0 Å². The summed E-state index contributed by atoms with van der Waals surface area (Å²) in [5.74, 6) is 0.250. The van der Waals surface area contributed by atoms with Crippen LogP contribution in [-0.2, 0) is 9.09 Å². The Bertz CT molecular complexity index is 421. The first-order valence-corrected chi connectivity index (χ1v) is 8.53. The van der Waals surface area contributed by atoms with Crippen LogP contribution in [0.3, 0.4) is 0 Å². The summed E-state index contributed by atoms with van der Waals surface area (Å²) in [6.07, 6.45) is 0. The van der Waals surface area contributed by atoms with Gasteiger partial charge in [-0.3, -0.25) is 9.09 Å². The van der Waals surface area contributed by atoms with Crippen molar-refractivity contribution in [2.75, 3.05) is 0 Å². The molecule has 1 rings (SSSR count). The lowest BCUT2D eigenvalue weighted by molar-refractivity contribution is 0.0651. The monoisotopic (exact) mass is 302 g/mol. The third-order valence-corrected chi connectivity index (χ3v) is 5.67. The Hall–Kier alpha value is -0.280. The van der Waals surface area contributed by atoms with Crippen LogP contribution in [0.5, 0.6) is 0 Å². The molecule has 0 saturated heterocycles. The maximum atomic E-state index is 11.2. The quantitative estimate of drug-likeness (QED) is 0.477. The Morgan fingerprint density at radius 2 is 1.63 bits per heavy atom. The summed E-state index contributed by atoms with van der Waals surface area (Å²) in [6, 6.07) is 8.13. The van der Waals surface area contributed by atoms with Crippen molar-refractivity contribution < 1.29 is 14.0 Å². The van der Waals surface area contributed by atoms with Crippen molar-refractivity contribution in [1.29, 1.82) is 0 Å². The van der Waals surface area contributed by atoms with Crippen molar-refractivity contribution >= 4 is 20.0 Å². The SMILES string of the molecule is Cc1ccc(SC(O[PH](=O)O)(C(C)C)C(C)C)cc1. The molecule has 0 fully saturated rings. The van der Waals surface area contributed by atoms with Crippen molar-refractivity contribution in [2.45, 2.75) is 44.4 Å². The van der Waals surface area contributed by atoms with E-state index in [0.717, 1.165) is 4.90 Å². The summed E-state index contributed by atoms with van der Waals surface area (Å²) in [4.78, 5) is 9.59. The molecule has 1 N–H and O–H groups in total. The van der Waals surface area contributed by atoms with Crippen molar-refractivity contribution in [3.8, 4) is 0 Å². The Morgan fingerprint density at radius 1 is 1.16 bits per heavy atom. The number of benzene rings is 1. The van der Waals surface area contributed by atoms with Gasteiger partial charge in [-0.1, -0.05) is 57.2 Å². The zero-order valence-corrected chi connectivity index (χ0v) is 14.0. The number of hydrogen-bond donors (Lipinski definition) is 1. The second kappa shape index (κ2) is 6.94. The molecule has 1 unspecified atom stereocenters. The van der Waals surface area contributed by atoms with E-state index in [1.54, 1.807) is 0 Å². The summed E-state index contributed by atoms with van der Waals surface area (Å²) >= 11 is 1.53. The summed E-state index contributed by atoms with van der Waals surface area (Å²) < 4.78 is 16.7. The van der Waals surface area contributed by atoms with Crippen LogP contribution in [0.15, 0.2) is 29.2 Å². The van der Waals surface area contributed by atoms with E-state index >= 15 is 0 Å². The smallest absolute Gasteiger partial charge is 0.317 e. The molecule has 0 saturated carbocycles. The molecule has 1 aromatic rings. The predicted octanol–water partition coefficient (Wildman–Crippen LogP) is 4.49. The molecule has 3 nitrogen and oxygen atoms in total. The van der Waals surface area contributed by atoms with Crippen LogP contribution in [0.25, 0.3) is 0 Å². The molecule has 0 bridgehead atoms. The van der Waals surface area contributed by atoms with Crippen LogP contribution in [0, 0.1) is 18.8 Å². The summed E-state index contributed by atoms with van der Waals surface area (Å²) in [5.41, 5.74) is 1.20. The fourth-order valence-corrected chi connectivity index (χ4v) is 4.32. The highest BCUT2D eigenvalue weighted by atomic mass is 32.2. The van der Waals surface area contributed by atoms with E-state index in [4.69, 9.17) is 4.52 Å². The van der Waals surface area contributed by atoms with Crippen molar-refractivity contribution in [1.82, 2.24) is 0 Å². The molecular formula is C14H23O3PS. The van der Waals surface area contributed by atoms with Gasteiger partial charge in [0, 0.05) is 4.90 Å². The average Bonchev–Trinajstić information content (AvgIpc) is 2.29. The van der Waals surface area contributed by atoms with Gasteiger partial charge >= 0.3 is 8.25 Å². The zero-order chi connectivity index (χ0) is 14.6. The van der Waals surface area contributed by atoms with Gasteiger partial charge in [0.15, 0.2) is 0 Å². The highest BCUT2D eigenvalue weighted by Gasteiger charge is 2.41. The second-order valence-electron chi connectivity index (χ2n) is 5.31. The van der Waals surface area contributed by atoms with Crippen LogP contribution in [0.4, 0.5) is 0 Å². The second-order valence-corrected chi connectivity index (χ2v) is 7.36. The Labute approximate surface area is 120 Å². The molecule has 5 heteroatoms. The summed E-state index contributed by atoms with van der Waals surface area (Å²) in [5, 5.41) is 0. The molecule has 0 aliphatic rings. The molecule has 1 atom stereocenters. The Balaban J connectivity index is 3.08. The first-order valence-electron chi connectivity index (χ1n) is 6.45. The molecule has 0 heterocycles. The molecule has 108 valence electrons. The van der Waals surface area contributed by atoms with Crippen LogP contribution < -0.4 is 0 Å². The minimum Gasteiger partial charge on any atom is -0.326 e. The van der Waals surface area contributed by atoms with Crippen molar-refractivity contribution in [2.24, 2.45) is 11.8 Å². The van der Waals surface area contributed by atoms with E-state index in [2.05, 4.69) is 0 Å². The van der Waals surface area contributed by atoms with E-state index in [-0.39, 0.29) is 11.8 Å². The molecule has 0 amide bonds. The Kier molecular flexibility index (Phi) is 6.13. The fourth-order valence-electron chi connectivity index (χ4n) is 2.09. The number of rotatable bonds is 6. The van der Waals surface area contributed by atoms with Crippen molar-refractivity contribution in [3.63, 3.8) is 0 Å². The molecule has 19 heavy (non-hydrogen) atoms. The molecule has 0 aromatic heterocycles. The summed E-state index contributed by atoms with van der Waals surface area (Å²) in [7, 11) is -2.98. The van der Waals surface area contributed by atoms with Gasteiger partial charge < -0.3 is 4.89 Å². The van der Waals surface area contributed by atoms with Gasteiger partial charge in [-0.05, 0) is 30.9 Å². The van der Waals surface area contributed by atoms with E-state index in [1.165, 1.54) is 17.3 Å². The maximum Gasteiger partial charge on any atom is 0.317 e. The highest BCUT2D eigenvalue weighted by molar-refractivity contribution is 8.00. The maximum absolute atomic E-state index is 11.2. The predicted molar refractivity (Wildman–Crippen MR) is 81.7 cm³/mol. The largest absolute Gasteiger partial charge is 0.326 e. The lowest BCUT2D eigenvalue weighted by atomic mass is 9.96. The number of hydrogen-bond acceptors (Lipinski definition) is 3. The van der Waals surface area contributed by atoms with Gasteiger partial charge in [0.2, 0.25) is 0 Å². The van der Waals surface area contributed by atoms with Gasteiger partial charge in [0.05, 0.1) is 0 Å². The zero-order valence-electron chi connectivity index (χ0n) is 12.1. The standard InChI is InChI=1S/C14H23O3PS/c1-10(2)14(11(3)4,17-18(15)16)19-13-8-6-12(5)7-9-13/h6-11,18H,1-5H3,(H,15,16). The molecular weight excluding hydrogens is 279 g/mol. The first-order chi connectivity index (χ1) is 8.78. The third-order valence-electron chi connectivity index (χ3n) is 3.15. The minimum atomic E-state index is -2.98. The van der Waals surface area contributed by atoms with Crippen LogP contribution >= 0.6 is 20.0 Å². The van der Waals surface area contributed by atoms with Crippen molar-refractivity contribution in [3.05, 3.63) is 29.8 Å². The number of aryl methyl sites for hydroxylation is 1. The van der Waals surface area contributed by atoms with E-state index < -0.39 is 13.2 Å². The molecule has 0 spiro atoms. The molecule has 0 aliphatic heterocycles. The lowest BCUT2D eigenvalue weighted by Crippen LogP contribution is -2.38. The van der Waals surface area contributed by atoms with Gasteiger partial charge in [0.1, 0.15) is 4.93 Å². The highest BCUT2D eigenvalue weighted by Crippen LogP contribution is 2.49. The van der Waals surface area contributed by atoms with Gasteiger partial charge in [-0.2, -0.15) is 0 Å². The summed E-state index contributed by atoms with van der Waals surface area (Å²) in [6.45, 7) is 10.1. The molecule has 1 aromatic carbocycles. The van der Waals surface area contributed by atoms with Gasteiger partial charge in [-0.15, -0.1) is 0 Å². The van der Waals surface area contributed by atoms with Crippen LogP contribution in [-0.4, -0.2) is 9.83 Å². The van der Waals surface area contributed by atoms with Crippen LogP contribution in [0.1, 0.15) is 33.3 Å². The third kappa shape index (κ3) is 4.35. The Morgan fingerprint density at radius 3 is 2.00 bits per heavy atom. The van der Waals surface area contributed by atoms with E-state index in [0.29, 0.717) is 0 Å². The molecule has 0 aliphatic carbocycles. The van der Waals surface area contributed by atoms with Gasteiger partial charge in [0.25, 0.3) is 0 Å². The fraction of sp³-hybridized carbons (Fsp3) is 0.571. The van der Waals surface area contributed by atoms with Crippen LogP contribution in [0.2, 0.25) is 0 Å². The topological polar surface area (TPSA) is 46.5 Å².